The minimum atomic E-state index is -4.67. The molecule has 0 aliphatic carbocycles. The van der Waals surface area contributed by atoms with Gasteiger partial charge >= 0.3 is 11.5 Å². The number of nitrogens with zero attached hydrogens (tertiary/aromatic N) is 1. The maximum absolute atomic E-state index is 12.9. The molecule has 0 amide bonds. The fourth-order valence-corrected chi connectivity index (χ4v) is 2.36. The lowest BCUT2D eigenvalue weighted by molar-refractivity contribution is -0.142. The monoisotopic (exact) mass is 339 g/mol. The van der Waals surface area contributed by atoms with Crippen LogP contribution in [0.4, 0.5) is 22.0 Å². The Morgan fingerprint density at radius 1 is 1.41 bits per heavy atom. The molecule has 1 aromatic carbocycles. The van der Waals surface area contributed by atoms with Gasteiger partial charge in [0.25, 0.3) is 6.43 Å². The van der Waals surface area contributed by atoms with Crippen LogP contribution in [0.5, 0.6) is 0 Å². The zero-order valence-electron chi connectivity index (χ0n) is 11.2. The number of ether oxygens (including phenoxy) is 1. The van der Waals surface area contributed by atoms with Crippen LogP contribution in [0.15, 0.2) is 17.0 Å². The number of hydrogen-bond acceptors (Lipinski definition) is 4. The normalized spacial score (nSPS) is 11.4. The van der Waals surface area contributed by atoms with E-state index in [1.54, 1.807) is 0 Å². The zero-order valence-corrected chi connectivity index (χ0v) is 12.0. The summed E-state index contributed by atoms with van der Waals surface area (Å²) in [4.78, 5) is 10.9. The number of hydrogen-bond donors (Lipinski definition) is 0. The van der Waals surface area contributed by atoms with Crippen LogP contribution in [0.3, 0.4) is 0 Å². The van der Waals surface area contributed by atoms with E-state index in [0.29, 0.717) is 6.07 Å². The Hall–Kier alpha value is -1.82. The Morgan fingerprint density at radius 3 is 2.50 bits per heavy atom. The van der Waals surface area contributed by atoms with Crippen molar-refractivity contribution in [2.24, 2.45) is 0 Å². The first-order valence-corrected chi connectivity index (χ1v) is 6.76. The molecular formula is C13H10F5NO2S. The first-order chi connectivity index (χ1) is 10.2. The number of rotatable bonds is 5. The van der Waals surface area contributed by atoms with Crippen molar-refractivity contribution in [2.45, 2.75) is 30.2 Å². The van der Waals surface area contributed by atoms with Gasteiger partial charge in [-0.2, -0.15) is 18.4 Å². The molecular weight excluding hydrogens is 329 g/mol. The molecule has 9 heteroatoms. The van der Waals surface area contributed by atoms with Crippen LogP contribution < -0.4 is 0 Å². The van der Waals surface area contributed by atoms with E-state index in [1.165, 1.54) is 13.0 Å². The van der Waals surface area contributed by atoms with Gasteiger partial charge in [0, 0.05) is 10.5 Å². The maximum atomic E-state index is 12.9. The van der Waals surface area contributed by atoms with Crippen molar-refractivity contribution in [1.82, 2.24) is 0 Å². The molecule has 0 aliphatic rings. The standard InChI is InChI=1S/C13H10F5NO2S/c1-2-21-11(20)4-7-3-8(22-13(16,17)18)5-9(12(14)15)10(7)6-19/h3,5,12H,2,4H2,1H3. The largest absolute Gasteiger partial charge is 0.466 e. The summed E-state index contributed by atoms with van der Waals surface area (Å²) in [6.45, 7) is 1.54. The minimum Gasteiger partial charge on any atom is -0.466 e. The molecule has 0 radical (unpaired) electrons. The number of carbonyl (C=O) groups is 1. The van der Waals surface area contributed by atoms with E-state index in [4.69, 9.17) is 5.26 Å². The molecule has 0 heterocycles. The molecule has 1 aromatic rings. The van der Waals surface area contributed by atoms with Crippen molar-refractivity contribution in [3.05, 3.63) is 28.8 Å². The lowest BCUT2D eigenvalue weighted by Crippen LogP contribution is -2.10. The highest BCUT2D eigenvalue weighted by molar-refractivity contribution is 8.00. The Bertz CT molecular complexity index is 595. The van der Waals surface area contributed by atoms with Gasteiger partial charge < -0.3 is 4.74 Å². The number of nitriles is 1. The Balaban J connectivity index is 3.32. The average molecular weight is 339 g/mol. The zero-order chi connectivity index (χ0) is 16.9. The number of benzene rings is 1. The predicted molar refractivity (Wildman–Crippen MR) is 68.4 cm³/mol. The van der Waals surface area contributed by atoms with Crippen LogP contribution >= 0.6 is 11.8 Å². The second kappa shape index (κ2) is 7.45. The maximum Gasteiger partial charge on any atom is 0.446 e. The fourth-order valence-electron chi connectivity index (χ4n) is 1.70. The average Bonchev–Trinajstić information content (AvgIpc) is 2.36. The summed E-state index contributed by atoms with van der Waals surface area (Å²) in [5.41, 5.74) is -6.23. The highest BCUT2D eigenvalue weighted by Crippen LogP contribution is 2.39. The van der Waals surface area contributed by atoms with Gasteiger partial charge in [0.15, 0.2) is 0 Å². The van der Waals surface area contributed by atoms with E-state index in [0.717, 1.165) is 6.07 Å². The third kappa shape index (κ3) is 5.18. The predicted octanol–water partition coefficient (Wildman–Crippen LogP) is 4.21. The molecule has 1 rings (SSSR count). The third-order valence-electron chi connectivity index (χ3n) is 2.44. The highest BCUT2D eigenvalue weighted by Gasteiger charge is 2.31. The lowest BCUT2D eigenvalue weighted by atomic mass is 10.00. The van der Waals surface area contributed by atoms with E-state index in [2.05, 4.69) is 4.74 Å². The quantitative estimate of drug-likeness (QED) is 0.458. The van der Waals surface area contributed by atoms with Crippen molar-refractivity contribution in [3.63, 3.8) is 0 Å². The van der Waals surface area contributed by atoms with E-state index in [-0.39, 0.29) is 12.2 Å². The first kappa shape index (κ1) is 18.2. The van der Waals surface area contributed by atoms with Crippen molar-refractivity contribution in [3.8, 4) is 6.07 Å². The molecule has 0 aromatic heterocycles. The summed E-state index contributed by atoms with van der Waals surface area (Å²) in [5, 5.41) is 8.95. The molecule has 0 atom stereocenters. The number of alkyl halides is 5. The molecule has 22 heavy (non-hydrogen) atoms. The molecule has 0 aliphatic heterocycles. The van der Waals surface area contributed by atoms with Crippen LogP contribution in [0, 0.1) is 11.3 Å². The smallest absolute Gasteiger partial charge is 0.446 e. The number of halogens is 5. The van der Waals surface area contributed by atoms with Crippen LogP contribution in [-0.2, 0) is 16.0 Å². The summed E-state index contributed by atoms with van der Waals surface area (Å²) in [7, 11) is 0. The molecule has 0 spiro atoms. The van der Waals surface area contributed by atoms with Gasteiger partial charge in [-0.1, -0.05) is 0 Å². The molecule has 0 fully saturated rings. The lowest BCUT2D eigenvalue weighted by Gasteiger charge is -2.13. The number of thioether (sulfide) groups is 1. The van der Waals surface area contributed by atoms with E-state index in [9.17, 15) is 26.7 Å². The number of esters is 1. The van der Waals surface area contributed by atoms with Gasteiger partial charge in [-0.15, -0.1) is 0 Å². The van der Waals surface area contributed by atoms with Crippen molar-refractivity contribution in [2.75, 3.05) is 6.61 Å². The van der Waals surface area contributed by atoms with Crippen molar-refractivity contribution >= 4 is 17.7 Å². The van der Waals surface area contributed by atoms with Crippen molar-refractivity contribution in [1.29, 1.82) is 5.26 Å². The van der Waals surface area contributed by atoms with E-state index >= 15 is 0 Å². The van der Waals surface area contributed by atoms with Crippen LogP contribution in [0.1, 0.15) is 30.0 Å². The minimum absolute atomic E-state index is 0.0272. The second-order valence-corrected chi connectivity index (χ2v) is 5.13. The van der Waals surface area contributed by atoms with Crippen molar-refractivity contribution < 1.29 is 31.5 Å². The van der Waals surface area contributed by atoms with Crippen LogP contribution in [-0.4, -0.2) is 18.1 Å². The molecule has 0 N–H and O–H groups in total. The van der Waals surface area contributed by atoms with Gasteiger partial charge in [-0.25, -0.2) is 8.78 Å². The van der Waals surface area contributed by atoms with Gasteiger partial charge in [0.05, 0.1) is 24.7 Å². The Kier molecular flexibility index (Phi) is 6.17. The van der Waals surface area contributed by atoms with Gasteiger partial charge in [-0.05, 0) is 36.4 Å². The summed E-state index contributed by atoms with van der Waals surface area (Å²) in [5.74, 6) is -0.812. The molecule has 0 unspecified atom stereocenters. The highest BCUT2D eigenvalue weighted by atomic mass is 32.2. The van der Waals surface area contributed by atoms with E-state index < -0.39 is 52.1 Å². The molecule has 0 saturated heterocycles. The first-order valence-electron chi connectivity index (χ1n) is 5.94. The molecule has 3 nitrogen and oxygen atoms in total. The van der Waals surface area contributed by atoms with Crippen LogP contribution in [0.25, 0.3) is 0 Å². The van der Waals surface area contributed by atoms with E-state index in [1.807, 2.05) is 0 Å². The summed E-state index contributed by atoms with van der Waals surface area (Å²) < 4.78 is 67.7. The molecule has 0 bridgehead atoms. The second-order valence-electron chi connectivity index (χ2n) is 3.99. The van der Waals surface area contributed by atoms with Crippen LogP contribution in [0.2, 0.25) is 0 Å². The number of carbonyl (C=O) groups excluding carboxylic acids is 1. The van der Waals surface area contributed by atoms with Gasteiger partial charge in [0.1, 0.15) is 0 Å². The third-order valence-corrected chi connectivity index (χ3v) is 3.15. The topological polar surface area (TPSA) is 50.1 Å². The summed E-state index contributed by atoms with van der Waals surface area (Å²) >= 11 is -0.589. The fraction of sp³-hybridized carbons (Fsp3) is 0.385. The Morgan fingerprint density at radius 2 is 2.05 bits per heavy atom. The molecule has 120 valence electrons. The summed E-state index contributed by atoms with van der Waals surface area (Å²) in [6, 6.07) is 3.01. The summed E-state index contributed by atoms with van der Waals surface area (Å²) in [6.07, 6.45) is -3.69. The Labute approximate surface area is 127 Å². The van der Waals surface area contributed by atoms with Gasteiger partial charge in [0.2, 0.25) is 0 Å². The molecule has 0 saturated carbocycles. The van der Waals surface area contributed by atoms with Gasteiger partial charge in [-0.3, -0.25) is 4.79 Å². The SMILES string of the molecule is CCOC(=O)Cc1cc(SC(F)(F)F)cc(C(F)F)c1C#N.